The van der Waals surface area contributed by atoms with Crippen molar-refractivity contribution >= 4 is 16.5 Å². The zero-order chi connectivity index (χ0) is 17.3. The van der Waals surface area contributed by atoms with E-state index >= 15 is 0 Å². The molecule has 0 atom stereocenters. The summed E-state index contributed by atoms with van der Waals surface area (Å²) in [4.78, 5) is 14.2. The number of aromatic nitrogens is 4. The van der Waals surface area contributed by atoms with Crippen LogP contribution >= 0.6 is 11.3 Å². The number of rotatable bonds is 5. The molecule has 0 saturated carbocycles. The molecule has 3 rings (SSSR count). The normalized spacial score (nSPS) is 15.6. The first-order valence-electron chi connectivity index (χ1n) is 8.01. The van der Waals surface area contributed by atoms with Crippen molar-refractivity contribution in [1.29, 1.82) is 0 Å². The fraction of sp³-hybridized carbons (Fsp3) is 0.625. The van der Waals surface area contributed by atoms with E-state index in [1.165, 1.54) is 0 Å². The van der Waals surface area contributed by atoms with Crippen LogP contribution in [0.2, 0.25) is 0 Å². The van der Waals surface area contributed by atoms with E-state index in [0.29, 0.717) is 19.1 Å². The van der Waals surface area contributed by atoms with Gasteiger partial charge in [-0.2, -0.15) is 5.10 Å². The molecule has 0 aliphatic carbocycles. The zero-order valence-electron chi connectivity index (χ0n) is 14.5. The standard InChI is InChI=1S/C16H23N5O2S/c1-16(2,3)12-5-6-14(22)21(19-12)9-11-7-20(8-11)15-18-17-13(24-15)10-23-4/h5-6,11H,7-10H2,1-4H3. The van der Waals surface area contributed by atoms with Gasteiger partial charge >= 0.3 is 0 Å². The van der Waals surface area contributed by atoms with Gasteiger partial charge in [-0.3, -0.25) is 4.79 Å². The molecule has 1 saturated heterocycles. The van der Waals surface area contributed by atoms with Crippen LogP contribution in [0.5, 0.6) is 0 Å². The number of hydrogen-bond donors (Lipinski definition) is 0. The van der Waals surface area contributed by atoms with Gasteiger partial charge in [0.1, 0.15) is 11.6 Å². The Balaban J connectivity index is 1.62. The average Bonchev–Trinajstić information content (AvgIpc) is 2.91. The number of methoxy groups -OCH3 is 1. The molecule has 7 nitrogen and oxygen atoms in total. The number of ether oxygens (including phenoxy) is 1. The lowest BCUT2D eigenvalue weighted by atomic mass is 9.92. The van der Waals surface area contributed by atoms with Gasteiger partial charge in [0.2, 0.25) is 5.13 Å². The van der Waals surface area contributed by atoms with Gasteiger partial charge in [-0.05, 0) is 6.07 Å². The third kappa shape index (κ3) is 3.64. The zero-order valence-corrected chi connectivity index (χ0v) is 15.3. The van der Waals surface area contributed by atoms with Gasteiger partial charge in [0.05, 0.1) is 12.2 Å². The molecule has 2 aromatic rings. The SMILES string of the molecule is COCc1nnc(N2CC(Cn3nc(C(C)(C)C)ccc3=O)C2)s1. The molecule has 130 valence electrons. The van der Waals surface area contributed by atoms with Crippen LogP contribution in [-0.2, 0) is 23.3 Å². The third-order valence-electron chi connectivity index (χ3n) is 4.02. The molecule has 3 heterocycles. The van der Waals surface area contributed by atoms with E-state index < -0.39 is 0 Å². The van der Waals surface area contributed by atoms with Gasteiger partial charge in [0.25, 0.3) is 5.56 Å². The van der Waals surface area contributed by atoms with Crippen molar-refractivity contribution in [2.75, 3.05) is 25.1 Å². The predicted molar refractivity (Wildman–Crippen MR) is 93.5 cm³/mol. The van der Waals surface area contributed by atoms with Crippen LogP contribution in [0.4, 0.5) is 5.13 Å². The van der Waals surface area contributed by atoms with E-state index in [4.69, 9.17) is 4.74 Å². The number of hydrogen-bond acceptors (Lipinski definition) is 7. The fourth-order valence-corrected chi connectivity index (χ4v) is 3.45. The maximum atomic E-state index is 12.1. The first-order valence-corrected chi connectivity index (χ1v) is 8.83. The minimum Gasteiger partial charge on any atom is -0.377 e. The summed E-state index contributed by atoms with van der Waals surface area (Å²) in [6.45, 7) is 9.18. The molecule has 1 fully saturated rings. The van der Waals surface area contributed by atoms with E-state index in [-0.39, 0.29) is 11.0 Å². The van der Waals surface area contributed by atoms with E-state index in [1.54, 1.807) is 29.2 Å². The second-order valence-electron chi connectivity index (χ2n) is 7.17. The van der Waals surface area contributed by atoms with Crippen LogP contribution in [0.25, 0.3) is 0 Å². The monoisotopic (exact) mass is 349 g/mol. The van der Waals surface area contributed by atoms with Gasteiger partial charge < -0.3 is 9.64 Å². The highest BCUT2D eigenvalue weighted by Crippen LogP contribution is 2.28. The molecule has 2 aromatic heterocycles. The third-order valence-corrected chi connectivity index (χ3v) is 4.98. The predicted octanol–water partition coefficient (Wildman–Crippen LogP) is 1.68. The molecule has 0 spiro atoms. The number of nitrogens with zero attached hydrogens (tertiary/aromatic N) is 5. The van der Waals surface area contributed by atoms with Crippen LogP contribution in [0.3, 0.4) is 0 Å². The van der Waals surface area contributed by atoms with Crippen molar-refractivity contribution in [3.05, 3.63) is 33.2 Å². The lowest BCUT2D eigenvalue weighted by Gasteiger charge is -2.38. The van der Waals surface area contributed by atoms with E-state index in [9.17, 15) is 4.79 Å². The van der Waals surface area contributed by atoms with E-state index in [2.05, 4.69) is 41.0 Å². The molecule has 0 aromatic carbocycles. The highest BCUT2D eigenvalue weighted by molar-refractivity contribution is 7.15. The summed E-state index contributed by atoms with van der Waals surface area (Å²) in [5, 5.41) is 14.6. The number of anilines is 1. The molecule has 0 N–H and O–H groups in total. The van der Waals surface area contributed by atoms with Crippen molar-refractivity contribution in [2.24, 2.45) is 5.92 Å². The maximum Gasteiger partial charge on any atom is 0.266 e. The van der Waals surface area contributed by atoms with Crippen LogP contribution in [0.1, 0.15) is 31.5 Å². The quantitative estimate of drug-likeness (QED) is 0.818. The van der Waals surface area contributed by atoms with Crippen LogP contribution in [-0.4, -0.2) is 40.2 Å². The second-order valence-corrected chi connectivity index (χ2v) is 8.21. The largest absolute Gasteiger partial charge is 0.377 e. The molecular weight excluding hydrogens is 326 g/mol. The van der Waals surface area contributed by atoms with Crippen molar-refractivity contribution in [3.63, 3.8) is 0 Å². The minimum absolute atomic E-state index is 0.0419. The fourth-order valence-electron chi connectivity index (χ4n) is 2.62. The van der Waals surface area contributed by atoms with Gasteiger partial charge in [-0.15, -0.1) is 10.2 Å². The van der Waals surface area contributed by atoms with Gasteiger partial charge in [0, 0.05) is 37.6 Å². The Bertz CT molecular complexity index is 758. The molecule has 0 bridgehead atoms. The molecule has 0 unspecified atom stereocenters. The minimum atomic E-state index is -0.0641. The highest BCUT2D eigenvalue weighted by atomic mass is 32.1. The summed E-state index contributed by atoms with van der Waals surface area (Å²) in [7, 11) is 1.65. The summed E-state index contributed by atoms with van der Waals surface area (Å²) in [5.41, 5.74) is 0.831. The van der Waals surface area contributed by atoms with Crippen LogP contribution in [0, 0.1) is 5.92 Å². The highest BCUT2D eigenvalue weighted by Gasteiger charge is 2.30. The Morgan fingerprint density at radius 3 is 2.71 bits per heavy atom. The first-order chi connectivity index (χ1) is 11.4. The lowest BCUT2D eigenvalue weighted by molar-refractivity contribution is 0.184. The van der Waals surface area contributed by atoms with Crippen molar-refractivity contribution < 1.29 is 4.74 Å². The van der Waals surface area contributed by atoms with Gasteiger partial charge in [-0.25, -0.2) is 4.68 Å². The van der Waals surface area contributed by atoms with Crippen LogP contribution < -0.4 is 10.5 Å². The van der Waals surface area contributed by atoms with Crippen molar-refractivity contribution in [2.45, 2.75) is 39.3 Å². The molecule has 1 aliphatic heterocycles. The van der Waals surface area contributed by atoms with Gasteiger partial charge in [0.15, 0.2) is 0 Å². The molecule has 1 aliphatic rings. The Hall–Kier alpha value is -1.80. The molecule has 0 amide bonds. The summed E-state index contributed by atoms with van der Waals surface area (Å²) in [6.07, 6.45) is 0. The summed E-state index contributed by atoms with van der Waals surface area (Å²) >= 11 is 1.55. The second kappa shape index (κ2) is 6.60. The van der Waals surface area contributed by atoms with Gasteiger partial charge in [-0.1, -0.05) is 32.1 Å². The van der Waals surface area contributed by atoms with Crippen molar-refractivity contribution in [1.82, 2.24) is 20.0 Å². The summed E-state index contributed by atoms with van der Waals surface area (Å²) in [5.74, 6) is 0.403. The molecular formula is C16H23N5O2S. The Labute approximate surface area is 145 Å². The molecule has 24 heavy (non-hydrogen) atoms. The van der Waals surface area contributed by atoms with Crippen molar-refractivity contribution in [3.8, 4) is 0 Å². The molecule has 0 radical (unpaired) electrons. The first kappa shape index (κ1) is 17.0. The van der Waals surface area contributed by atoms with Crippen LogP contribution in [0.15, 0.2) is 16.9 Å². The van der Waals surface area contributed by atoms with E-state index in [0.717, 1.165) is 28.9 Å². The summed E-state index contributed by atoms with van der Waals surface area (Å²) < 4.78 is 6.66. The Morgan fingerprint density at radius 2 is 2.04 bits per heavy atom. The topological polar surface area (TPSA) is 73.1 Å². The molecule has 8 heteroatoms. The summed E-state index contributed by atoms with van der Waals surface area (Å²) in [6, 6.07) is 3.44. The lowest BCUT2D eigenvalue weighted by Crippen LogP contribution is -2.49. The Kier molecular flexibility index (Phi) is 4.69. The Morgan fingerprint density at radius 1 is 1.29 bits per heavy atom. The average molecular weight is 349 g/mol. The van der Waals surface area contributed by atoms with E-state index in [1.807, 2.05) is 6.07 Å². The smallest absolute Gasteiger partial charge is 0.266 e. The maximum absolute atomic E-state index is 12.1.